The number of nitrogens with one attached hydrogen (secondary N) is 1. The second-order valence-electron chi connectivity index (χ2n) is 7.02. The maximum Gasteiger partial charge on any atom is 0.253 e. The molecule has 27 heavy (non-hydrogen) atoms. The molecule has 1 aromatic carbocycles. The van der Waals surface area contributed by atoms with Crippen LogP contribution in [0.15, 0.2) is 24.3 Å². The summed E-state index contributed by atoms with van der Waals surface area (Å²) in [5.41, 5.74) is 6.35. The van der Waals surface area contributed by atoms with E-state index >= 15 is 0 Å². The van der Waals surface area contributed by atoms with E-state index in [1.165, 1.54) is 0 Å². The fourth-order valence-electron chi connectivity index (χ4n) is 2.84. The van der Waals surface area contributed by atoms with E-state index in [9.17, 15) is 14.4 Å². The van der Waals surface area contributed by atoms with E-state index in [2.05, 4.69) is 5.32 Å². The van der Waals surface area contributed by atoms with Gasteiger partial charge in [-0.1, -0.05) is 25.4 Å². The molecule has 8 heteroatoms. The molecule has 1 heterocycles. The molecule has 0 bridgehead atoms. The molecule has 3 amide bonds. The van der Waals surface area contributed by atoms with Crippen molar-refractivity contribution < 1.29 is 14.4 Å². The number of rotatable bonds is 5. The zero-order valence-electron chi connectivity index (χ0n) is 15.8. The molecule has 1 aromatic rings. The first-order valence-corrected chi connectivity index (χ1v) is 9.53. The molecule has 0 saturated carbocycles. The van der Waals surface area contributed by atoms with Gasteiger partial charge in [0, 0.05) is 36.8 Å². The number of carbonyl (C=O) groups is 3. The second-order valence-corrected chi connectivity index (χ2v) is 7.46. The molecular weight excluding hydrogens is 368 g/mol. The van der Waals surface area contributed by atoms with Crippen LogP contribution in [0.5, 0.6) is 0 Å². The molecule has 0 radical (unpaired) electrons. The number of halogens is 1. The summed E-state index contributed by atoms with van der Waals surface area (Å²) in [5.74, 6) is -0.560. The summed E-state index contributed by atoms with van der Waals surface area (Å²) in [6.07, 6.45) is 0.685. The highest BCUT2D eigenvalue weighted by Gasteiger charge is 2.24. The van der Waals surface area contributed by atoms with Crippen molar-refractivity contribution in [3.05, 3.63) is 34.9 Å². The molecule has 3 N–H and O–H groups in total. The minimum absolute atomic E-state index is 0.00530. The number of hydrogen-bond acceptors (Lipinski definition) is 4. The van der Waals surface area contributed by atoms with Crippen molar-refractivity contribution >= 4 is 29.3 Å². The SMILES string of the molecule is CC(C)[C@H](N)C(=O)NCC(=O)N1CCCN(C(=O)c2ccc(Cl)cc2)CC1. The summed E-state index contributed by atoms with van der Waals surface area (Å²) < 4.78 is 0. The van der Waals surface area contributed by atoms with Gasteiger partial charge in [-0.15, -0.1) is 0 Å². The highest BCUT2D eigenvalue weighted by molar-refractivity contribution is 6.30. The van der Waals surface area contributed by atoms with Crippen LogP contribution in [0, 0.1) is 5.92 Å². The monoisotopic (exact) mass is 394 g/mol. The average molecular weight is 395 g/mol. The van der Waals surface area contributed by atoms with Gasteiger partial charge in [0.2, 0.25) is 11.8 Å². The van der Waals surface area contributed by atoms with Crippen molar-refractivity contribution in [2.75, 3.05) is 32.7 Å². The molecule has 148 valence electrons. The summed E-state index contributed by atoms with van der Waals surface area (Å²) in [6.45, 7) is 5.65. The molecule has 7 nitrogen and oxygen atoms in total. The quantitative estimate of drug-likeness (QED) is 0.782. The van der Waals surface area contributed by atoms with Gasteiger partial charge in [-0.25, -0.2) is 0 Å². The lowest BCUT2D eigenvalue weighted by Gasteiger charge is -2.23. The van der Waals surface area contributed by atoms with Crippen LogP contribution in [0.25, 0.3) is 0 Å². The lowest BCUT2D eigenvalue weighted by Crippen LogP contribution is -2.48. The number of hydrogen-bond donors (Lipinski definition) is 2. The Bertz CT molecular complexity index is 678. The third-order valence-corrected chi connectivity index (χ3v) is 4.91. The van der Waals surface area contributed by atoms with E-state index in [1.54, 1.807) is 34.1 Å². The molecular formula is C19H27ClN4O3. The topological polar surface area (TPSA) is 95.7 Å². The number of nitrogens with two attached hydrogens (primary N) is 1. The Kier molecular flexibility index (Phi) is 7.62. The fourth-order valence-corrected chi connectivity index (χ4v) is 2.97. The molecule has 0 aliphatic carbocycles. The van der Waals surface area contributed by atoms with Crippen LogP contribution in [0.2, 0.25) is 5.02 Å². The van der Waals surface area contributed by atoms with E-state index < -0.39 is 6.04 Å². The second kappa shape index (κ2) is 9.71. The predicted molar refractivity (Wildman–Crippen MR) is 104 cm³/mol. The van der Waals surface area contributed by atoms with Gasteiger partial charge in [-0.3, -0.25) is 14.4 Å². The van der Waals surface area contributed by atoms with Crippen molar-refractivity contribution in [1.82, 2.24) is 15.1 Å². The highest BCUT2D eigenvalue weighted by atomic mass is 35.5. The Labute approximate surface area is 164 Å². The lowest BCUT2D eigenvalue weighted by molar-refractivity contribution is -0.133. The van der Waals surface area contributed by atoms with Gasteiger partial charge in [0.25, 0.3) is 5.91 Å². The smallest absolute Gasteiger partial charge is 0.253 e. The maximum atomic E-state index is 12.6. The first-order chi connectivity index (χ1) is 12.8. The van der Waals surface area contributed by atoms with Crippen LogP contribution < -0.4 is 11.1 Å². The zero-order chi connectivity index (χ0) is 20.0. The van der Waals surface area contributed by atoms with Crippen molar-refractivity contribution in [3.63, 3.8) is 0 Å². The highest BCUT2D eigenvalue weighted by Crippen LogP contribution is 2.13. The van der Waals surface area contributed by atoms with Gasteiger partial charge in [0.05, 0.1) is 12.6 Å². The standard InChI is InChI=1S/C19H27ClN4O3/c1-13(2)17(21)18(26)22-12-16(25)23-8-3-9-24(11-10-23)19(27)14-4-6-15(20)7-5-14/h4-7,13,17H,3,8-12,21H2,1-2H3,(H,22,26)/t17-/m0/s1. The molecule has 1 aliphatic heterocycles. The molecule has 1 saturated heterocycles. The molecule has 0 spiro atoms. The molecule has 2 rings (SSSR count). The molecule has 1 atom stereocenters. The summed E-state index contributed by atoms with van der Waals surface area (Å²) >= 11 is 5.86. The zero-order valence-corrected chi connectivity index (χ0v) is 16.5. The minimum atomic E-state index is -0.630. The summed E-state index contributed by atoms with van der Waals surface area (Å²) in [4.78, 5) is 40.3. The van der Waals surface area contributed by atoms with E-state index in [0.29, 0.717) is 43.2 Å². The van der Waals surface area contributed by atoms with Crippen LogP contribution in [0.1, 0.15) is 30.6 Å². The average Bonchev–Trinajstić information content (AvgIpc) is 2.91. The van der Waals surface area contributed by atoms with Crippen LogP contribution in [0.3, 0.4) is 0 Å². The van der Waals surface area contributed by atoms with Crippen LogP contribution in [-0.4, -0.2) is 66.3 Å². The van der Waals surface area contributed by atoms with Gasteiger partial charge in [-0.2, -0.15) is 0 Å². The minimum Gasteiger partial charge on any atom is -0.346 e. The normalized spacial score (nSPS) is 16.0. The maximum absolute atomic E-state index is 12.6. The Morgan fingerprint density at radius 3 is 2.30 bits per heavy atom. The summed E-state index contributed by atoms with van der Waals surface area (Å²) in [6, 6.07) is 6.15. The Morgan fingerprint density at radius 2 is 1.67 bits per heavy atom. The Hall–Kier alpha value is -2.12. The van der Waals surface area contributed by atoms with Gasteiger partial charge >= 0.3 is 0 Å². The number of benzene rings is 1. The lowest BCUT2D eigenvalue weighted by atomic mass is 10.1. The van der Waals surface area contributed by atoms with Gasteiger partial charge in [0.15, 0.2) is 0 Å². The van der Waals surface area contributed by atoms with E-state index in [-0.39, 0.29) is 30.2 Å². The van der Waals surface area contributed by atoms with Crippen molar-refractivity contribution in [2.45, 2.75) is 26.3 Å². The van der Waals surface area contributed by atoms with E-state index in [0.717, 1.165) is 0 Å². The summed E-state index contributed by atoms with van der Waals surface area (Å²) in [5, 5.41) is 3.18. The van der Waals surface area contributed by atoms with Crippen molar-refractivity contribution in [2.24, 2.45) is 11.7 Å². The number of carbonyl (C=O) groups excluding carboxylic acids is 3. The molecule has 0 unspecified atom stereocenters. The van der Waals surface area contributed by atoms with Crippen LogP contribution >= 0.6 is 11.6 Å². The van der Waals surface area contributed by atoms with Crippen LogP contribution in [-0.2, 0) is 9.59 Å². The van der Waals surface area contributed by atoms with Gasteiger partial charge in [0.1, 0.15) is 0 Å². The third-order valence-electron chi connectivity index (χ3n) is 4.66. The molecule has 1 aliphatic rings. The number of amides is 3. The fraction of sp³-hybridized carbons (Fsp3) is 0.526. The van der Waals surface area contributed by atoms with Crippen molar-refractivity contribution in [1.29, 1.82) is 0 Å². The van der Waals surface area contributed by atoms with E-state index in [1.807, 2.05) is 13.8 Å². The first-order valence-electron chi connectivity index (χ1n) is 9.15. The molecule has 1 fully saturated rings. The Balaban J connectivity index is 1.86. The summed E-state index contributed by atoms with van der Waals surface area (Å²) in [7, 11) is 0. The number of nitrogens with zero attached hydrogens (tertiary/aromatic N) is 2. The predicted octanol–water partition coefficient (Wildman–Crippen LogP) is 1.11. The van der Waals surface area contributed by atoms with Crippen LogP contribution in [0.4, 0.5) is 0 Å². The Morgan fingerprint density at radius 1 is 1.07 bits per heavy atom. The molecule has 0 aromatic heterocycles. The van der Waals surface area contributed by atoms with E-state index in [4.69, 9.17) is 17.3 Å². The van der Waals surface area contributed by atoms with Gasteiger partial charge in [-0.05, 0) is 36.6 Å². The third kappa shape index (κ3) is 5.94. The largest absolute Gasteiger partial charge is 0.346 e. The van der Waals surface area contributed by atoms with Gasteiger partial charge < -0.3 is 20.9 Å². The first kappa shape index (κ1) is 21.2. The van der Waals surface area contributed by atoms with Crippen molar-refractivity contribution in [3.8, 4) is 0 Å².